The first kappa shape index (κ1) is 16.6. The number of amides is 3. The van der Waals surface area contributed by atoms with E-state index in [1.807, 2.05) is 0 Å². The van der Waals surface area contributed by atoms with E-state index in [0.717, 1.165) is 0 Å². The standard InChI is InChI=1S/C13H19N3O3/c1-7(2)13(19)16-10(9(4)12(15)18)6-5-8(3)11(14)17/h5H,1,6H2,2-4H3,(H2,14,17)(H2,15,18)(H,16,19). The maximum absolute atomic E-state index is 11.5. The summed E-state index contributed by atoms with van der Waals surface area (Å²) in [6.45, 7) is 8.07. The van der Waals surface area contributed by atoms with Gasteiger partial charge in [0.15, 0.2) is 0 Å². The largest absolute Gasteiger partial charge is 0.366 e. The van der Waals surface area contributed by atoms with Crippen molar-refractivity contribution in [2.75, 3.05) is 0 Å². The molecule has 0 fully saturated rings. The van der Waals surface area contributed by atoms with E-state index < -0.39 is 17.7 Å². The number of hydrogen-bond donors (Lipinski definition) is 3. The monoisotopic (exact) mass is 265 g/mol. The maximum Gasteiger partial charge on any atom is 0.250 e. The first-order valence-corrected chi connectivity index (χ1v) is 5.59. The van der Waals surface area contributed by atoms with Crippen LogP contribution in [-0.2, 0) is 14.4 Å². The van der Waals surface area contributed by atoms with Crippen molar-refractivity contribution < 1.29 is 14.4 Å². The molecule has 5 N–H and O–H groups in total. The second-order valence-electron chi connectivity index (χ2n) is 4.16. The Bertz CT molecular complexity index is 487. The number of carbonyl (C=O) groups excluding carboxylic acids is 3. The molecule has 0 aliphatic heterocycles. The summed E-state index contributed by atoms with van der Waals surface area (Å²) < 4.78 is 0. The van der Waals surface area contributed by atoms with Gasteiger partial charge in [0, 0.05) is 28.8 Å². The van der Waals surface area contributed by atoms with Crippen LogP contribution in [0.5, 0.6) is 0 Å². The van der Waals surface area contributed by atoms with Gasteiger partial charge in [-0.15, -0.1) is 0 Å². The van der Waals surface area contributed by atoms with Crippen LogP contribution in [0.15, 0.2) is 35.1 Å². The molecule has 0 heterocycles. The lowest BCUT2D eigenvalue weighted by atomic mass is 10.1. The van der Waals surface area contributed by atoms with Gasteiger partial charge in [-0.05, 0) is 20.8 Å². The van der Waals surface area contributed by atoms with Gasteiger partial charge in [0.05, 0.1) is 0 Å². The molecule has 0 bridgehead atoms. The summed E-state index contributed by atoms with van der Waals surface area (Å²) in [5.74, 6) is -1.63. The van der Waals surface area contributed by atoms with Gasteiger partial charge in [0.25, 0.3) is 0 Å². The molecule has 0 atom stereocenters. The van der Waals surface area contributed by atoms with Crippen molar-refractivity contribution in [3.8, 4) is 0 Å². The lowest BCUT2D eigenvalue weighted by molar-refractivity contribution is -0.117. The number of nitrogens with two attached hydrogens (primary N) is 2. The van der Waals surface area contributed by atoms with Gasteiger partial charge in [-0.2, -0.15) is 0 Å². The minimum Gasteiger partial charge on any atom is -0.366 e. The van der Waals surface area contributed by atoms with E-state index in [2.05, 4.69) is 11.9 Å². The number of hydrogen-bond acceptors (Lipinski definition) is 3. The van der Waals surface area contributed by atoms with Gasteiger partial charge in [0.2, 0.25) is 17.7 Å². The van der Waals surface area contributed by atoms with Crippen molar-refractivity contribution in [3.63, 3.8) is 0 Å². The molecular weight excluding hydrogens is 246 g/mol. The van der Waals surface area contributed by atoms with Crippen LogP contribution in [0.25, 0.3) is 0 Å². The average Bonchev–Trinajstić information content (AvgIpc) is 2.32. The number of nitrogens with one attached hydrogen (secondary N) is 1. The van der Waals surface area contributed by atoms with Gasteiger partial charge in [-0.25, -0.2) is 0 Å². The molecule has 0 aromatic heterocycles. The molecule has 3 amide bonds. The average molecular weight is 265 g/mol. The number of carbonyl (C=O) groups is 3. The third-order valence-corrected chi connectivity index (χ3v) is 2.48. The van der Waals surface area contributed by atoms with Crippen LogP contribution < -0.4 is 16.8 Å². The molecule has 0 unspecified atom stereocenters. The predicted molar refractivity (Wildman–Crippen MR) is 72.4 cm³/mol. The summed E-state index contributed by atoms with van der Waals surface area (Å²) in [6, 6.07) is 0. The van der Waals surface area contributed by atoms with E-state index in [0.29, 0.717) is 16.8 Å². The Labute approximate surface area is 112 Å². The molecule has 19 heavy (non-hydrogen) atoms. The topological polar surface area (TPSA) is 115 Å². The molecule has 0 saturated heterocycles. The second kappa shape index (κ2) is 7.15. The minimum atomic E-state index is -0.651. The molecular formula is C13H19N3O3. The molecule has 0 aliphatic rings. The Kier molecular flexibility index (Phi) is 6.26. The Hall–Kier alpha value is -2.37. The van der Waals surface area contributed by atoms with Gasteiger partial charge in [-0.1, -0.05) is 12.7 Å². The highest BCUT2D eigenvalue weighted by Crippen LogP contribution is 2.09. The molecule has 104 valence electrons. The van der Waals surface area contributed by atoms with Crippen molar-refractivity contribution in [1.29, 1.82) is 0 Å². The Balaban J connectivity index is 5.22. The zero-order valence-electron chi connectivity index (χ0n) is 11.4. The highest BCUT2D eigenvalue weighted by Gasteiger charge is 2.11. The summed E-state index contributed by atoms with van der Waals surface area (Å²) in [7, 11) is 0. The fraction of sp³-hybridized carbons (Fsp3) is 0.308. The number of rotatable bonds is 6. The van der Waals surface area contributed by atoms with Crippen LogP contribution in [0, 0.1) is 0 Å². The third-order valence-electron chi connectivity index (χ3n) is 2.48. The SMILES string of the molecule is C=C(C)C(=O)NC(CC=C(C)C(N)=O)=C(C)C(N)=O. The molecule has 0 saturated carbocycles. The predicted octanol–water partition coefficient (Wildman–Crippen LogP) is 0.260. The summed E-state index contributed by atoms with van der Waals surface area (Å²) in [4.78, 5) is 33.6. The molecule has 0 rings (SSSR count). The molecule has 0 aromatic carbocycles. The quantitative estimate of drug-likeness (QED) is 0.598. The van der Waals surface area contributed by atoms with E-state index in [-0.39, 0.29) is 12.0 Å². The van der Waals surface area contributed by atoms with Gasteiger partial charge in [0.1, 0.15) is 0 Å². The summed E-state index contributed by atoms with van der Waals surface area (Å²) in [5.41, 5.74) is 11.4. The van der Waals surface area contributed by atoms with Crippen LogP contribution in [0.4, 0.5) is 0 Å². The van der Waals surface area contributed by atoms with Gasteiger partial charge in [-0.3, -0.25) is 14.4 Å². The minimum absolute atomic E-state index is 0.169. The fourth-order valence-electron chi connectivity index (χ4n) is 1.05. The maximum atomic E-state index is 11.5. The molecule has 6 nitrogen and oxygen atoms in total. The highest BCUT2D eigenvalue weighted by atomic mass is 16.2. The summed E-state index contributed by atoms with van der Waals surface area (Å²) >= 11 is 0. The van der Waals surface area contributed by atoms with Crippen LogP contribution in [0.1, 0.15) is 27.2 Å². The van der Waals surface area contributed by atoms with Crippen molar-refractivity contribution >= 4 is 17.7 Å². The second-order valence-corrected chi connectivity index (χ2v) is 4.16. The van der Waals surface area contributed by atoms with Crippen LogP contribution in [0.2, 0.25) is 0 Å². The number of allylic oxidation sites excluding steroid dienone is 1. The Morgan fingerprint density at radius 2 is 1.63 bits per heavy atom. The fourth-order valence-corrected chi connectivity index (χ4v) is 1.05. The van der Waals surface area contributed by atoms with Gasteiger partial charge >= 0.3 is 0 Å². The highest BCUT2D eigenvalue weighted by molar-refractivity contribution is 5.97. The molecule has 0 aliphatic carbocycles. The first-order chi connectivity index (χ1) is 8.66. The molecule has 0 radical (unpaired) electrons. The van der Waals surface area contributed by atoms with Crippen LogP contribution in [-0.4, -0.2) is 17.7 Å². The number of primary amides is 2. The van der Waals surface area contributed by atoms with Crippen LogP contribution >= 0.6 is 0 Å². The van der Waals surface area contributed by atoms with Crippen molar-refractivity contribution in [1.82, 2.24) is 5.32 Å². The first-order valence-electron chi connectivity index (χ1n) is 5.59. The Morgan fingerprint density at radius 3 is 2.00 bits per heavy atom. The van der Waals surface area contributed by atoms with Crippen molar-refractivity contribution in [3.05, 3.63) is 35.1 Å². The molecule has 6 heteroatoms. The van der Waals surface area contributed by atoms with Crippen molar-refractivity contribution in [2.45, 2.75) is 27.2 Å². The zero-order chi connectivity index (χ0) is 15.2. The molecule has 0 spiro atoms. The van der Waals surface area contributed by atoms with Crippen molar-refractivity contribution in [2.24, 2.45) is 11.5 Å². The third kappa shape index (κ3) is 5.67. The zero-order valence-corrected chi connectivity index (χ0v) is 11.4. The van der Waals surface area contributed by atoms with E-state index in [1.54, 1.807) is 6.92 Å². The van der Waals surface area contributed by atoms with E-state index in [9.17, 15) is 14.4 Å². The van der Waals surface area contributed by atoms with E-state index >= 15 is 0 Å². The normalized spacial score (nSPS) is 12.5. The van der Waals surface area contributed by atoms with Gasteiger partial charge < -0.3 is 16.8 Å². The summed E-state index contributed by atoms with van der Waals surface area (Å²) in [6.07, 6.45) is 1.69. The lowest BCUT2D eigenvalue weighted by Gasteiger charge is -2.11. The van der Waals surface area contributed by atoms with E-state index in [4.69, 9.17) is 11.5 Å². The Morgan fingerprint density at radius 1 is 1.11 bits per heavy atom. The lowest BCUT2D eigenvalue weighted by Crippen LogP contribution is -2.27. The van der Waals surface area contributed by atoms with E-state index in [1.165, 1.54) is 19.9 Å². The summed E-state index contributed by atoms with van der Waals surface area (Å²) in [5, 5.41) is 2.54. The smallest absolute Gasteiger partial charge is 0.250 e. The van der Waals surface area contributed by atoms with Crippen LogP contribution in [0.3, 0.4) is 0 Å². The molecule has 0 aromatic rings.